The predicted octanol–water partition coefficient (Wildman–Crippen LogP) is 3.60. The molecule has 0 fully saturated rings. The molecule has 0 aromatic carbocycles. The summed E-state index contributed by atoms with van der Waals surface area (Å²) in [6.45, 7) is 4.50. The van der Waals surface area contributed by atoms with Crippen LogP contribution in [0.25, 0.3) is 0 Å². The molecule has 0 bridgehead atoms. The van der Waals surface area contributed by atoms with Gasteiger partial charge < -0.3 is 0 Å². The number of alkyl halides is 1. The first-order valence-corrected chi connectivity index (χ1v) is 6.45. The van der Waals surface area contributed by atoms with Gasteiger partial charge in [0.1, 0.15) is 0 Å². The number of allylic oxidation sites excluding steroid dienone is 6. The molecule has 0 nitrogen and oxygen atoms in total. The first kappa shape index (κ1) is 7.76. The molecule has 2 unspecified atom stereocenters. The molecule has 1 aliphatic carbocycles. The Balaban J connectivity index is 2.42. The summed E-state index contributed by atoms with van der Waals surface area (Å²) < 4.78 is 0.614. The summed E-state index contributed by atoms with van der Waals surface area (Å²) in [7, 11) is 0.0399. The van der Waals surface area contributed by atoms with E-state index in [2.05, 4.69) is 47.7 Å². The SMILES string of the molecule is CC1=CC2=CC(Br)P(C)C2=C1. The van der Waals surface area contributed by atoms with Gasteiger partial charge in [0.15, 0.2) is 0 Å². The minimum atomic E-state index is 0.0399. The highest BCUT2D eigenvalue weighted by atomic mass is 79.9. The number of hydrogen-bond acceptors (Lipinski definition) is 0. The highest BCUT2D eigenvalue weighted by Crippen LogP contribution is 2.59. The van der Waals surface area contributed by atoms with Crippen LogP contribution in [0.1, 0.15) is 6.92 Å². The van der Waals surface area contributed by atoms with Crippen LogP contribution in [-0.2, 0) is 0 Å². The third-order valence-corrected chi connectivity index (χ3v) is 6.25. The number of fused-ring (bicyclic) bond motifs is 1. The van der Waals surface area contributed by atoms with E-state index in [4.69, 9.17) is 0 Å². The number of hydrogen-bond donors (Lipinski definition) is 0. The van der Waals surface area contributed by atoms with Gasteiger partial charge in [-0.2, -0.15) is 0 Å². The van der Waals surface area contributed by atoms with Gasteiger partial charge in [-0.3, -0.25) is 0 Å². The average molecular weight is 229 g/mol. The quantitative estimate of drug-likeness (QED) is 0.439. The maximum absolute atomic E-state index is 3.66. The van der Waals surface area contributed by atoms with Gasteiger partial charge in [-0.1, -0.05) is 42.1 Å². The Morgan fingerprint density at radius 3 is 2.82 bits per heavy atom. The van der Waals surface area contributed by atoms with Gasteiger partial charge in [-0.25, -0.2) is 0 Å². The van der Waals surface area contributed by atoms with Crippen LogP contribution < -0.4 is 0 Å². The predicted molar refractivity (Wildman–Crippen MR) is 55.5 cm³/mol. The molecule has 1 heterocycles. The lowest BCUT2D eigenvalue weighted by molar-refractivity contribution is 1.55. The van der Waals surface area contributed by atoms with Crippen molar-refractivity contribution in [1.82, 2.24) is 0 Å². The Hall–Kier alpha value is 0.130. The van der Waals surface area contributed by atoms with Crippen molar-refractivity contribution in [3.63, 3.8) is 0 Å². The van der Waals surface area contributed by atoms with E-state index >= 15 is 0 Å². The Labute approximate surface area is 76.9 Å². The monoisotopic (exact) mass is 228 g/mol. The van der Waals surface area contributed by atoms with Gasteiger partial charge in [0.05, 0.1) is 4.57 Å². The molecule has 0 N–H and O–H groups in total. The van der Waals surface area contributed by atoms with Crippen molar-refractivity contribution in [2.75, 3.05) is 6.66 Å². The summed E-state index contributed by atoms with van der Waals surface area (Å²) >= 11 is 3.66. The standard InChI is InChI=1S/C9H10BrP/c1-6-3-7-5-9(10)11(2)8(7)4-6/h3-5,9H,1-2H3. The van der Waals surface area contributed by atoms with E-state index in [0.717, 1.165) is 0 Å². The van der Waals surface area contributed by atoms with Gasteiger partial charge >= 0.3 is 0 Å². The fraction of sp³-hybridized carbons (Fsp3) is 0.333. The Bertz CT molecular complexity index is 286. The molecule has 0 amide bonds. The van der Waals surface area contributed by atoms with E-state index in [1.54, 1.807) is 5.31 Å². The Morgan fingerprint density at radius 2 is 2.18 bits per heavy atom. The van der Waals surface area contributed by atoms with Gasteiger partial charge in [0.2, 0.25) is 0 Å². The lowest BCUT2D eigenvalue weighted by Crippen LogP contribution is -1.81. The third kappa shape index (κ3) is 1.15. The van der Waals surface area contributed by atoms with Crippen LogP contribution in [-0.4, -0.2) is 11.2 Å². The van der Waals surface area contributed by atoms with Gasteiger partial charge in [-0.15, -0.1) is 0 Å². The molecule has 0 saturated heterocycles. The van der Waals surface area contributed by atoms with Crippen LogP contribution >= 0.6 is 23.9 Å². The van der Waals surface area contributed by atoms with Crippen LogP contribution in [0.4, 0.5) is 0 Å². The fourth-order valence-corrected chi connectivity index (χ4v) is 4.04. The zero-order chi connectivity index (χ0) is 8.01. The molecule has 2 aliphatic rings. The molecule has 2 rings (SSSR count). The lowest BCUT2D eigenvalue weighted by Gasteiger charge is -2.08. The van der Waals surface area contributed by atoms with E-state index in [-0.39, 0.29) is 7.92 Å². The minimum absolute atomic E-state index is 0.0399. The van der Waals surface area contributed by atoms with Crippen molar-refractivity contribution in [2.45, 2.75) is 11.5 Å². The summed E-state index contributed by atoms with van der Waals surface area (Å²) in [5, 5.41) is 1.57. The van der Waals surface area contributed by atoms with Crippen molar-refractivity contribution in [2.24, 2.45) is 0 Å². The molecule has 2 atom stereocenters. The molecule has 2 heteroatoms. The summed E-state index contributed by atoms with van der Waals surface area (Å²) in [4.78, 5) is 0. The van der Waals surface area contributed by atoms with Crippen molar-refractivity contribution in [1.29, 1.82) is 0 Å². The zero-order valence-electron chi connectivity index (χ0n) is 6.63. The summed E-state index contributed by atoms with van der Waals surface area (Å²) in [5.74, 6) is 0. The second-order valence-electron chi connectivity index (χ2n) is 3.02. The van der Waals surface area contributed by atoms with Crippen LogP contribution in [0.3, 0.4) is 0 Å². The van der Waals surface area contributed by atoms with Crippen LogP contribution in [0, 0.1) is 0 Å². The highest BCUT2D eigenvalue weighted by molar-refractivity contribution is 9.10. The van der Waals surface area contributed by atoms with Gasteiger partial charge in [-0.05, 0) is 30.0 Å². The van der Waals surface area contributed by atoms with Crippen LogP contribution in [0.15, 0.2) is 34.7 Å². The van der Waals surface area contributed by atoms with Crippen molar-refractivity contribution in [3.05, 3.63) is 34.7 Å². The molecular formula is C9H10BrP. The van der Waals surface area contributed by atoms with Gasteiger partial charge in [0.25, 0.3) is 0 Å². The molecule has 0 spiro atoms. The van der Waals surface area contributed by atoms with Crippen LogP contribution in [0.2, 0.25) is 0 Å². The van der Waals surface area contributed by atoms with Crippen molar-refractivity contribution < 1.29 is 0 Å². The Kier molecular flexibility index (Phi) is 1.81. The summed E-state index contributed by atoms with van der Waals surface area (Å²) in [6, 6.07) is 0. The maximum Gasteiger partial charge on any atom is 0.0571 e. The van der Waals surface area contributed by atoms with E-state index in [9.17, 15) is 0 Å². The van der Waals surface area contributed by atoms with E-state index in [0.29, 0.717) is 4.57 Å². The topological polar surface area (TPSA) is 0 Å². The molecule has 0 aromatic rings. The molecule has 0 saturated carbocycles. The van der Waals surface area contributed by atoms with Crippen molar-refractivity contribution in [3.8, 4) is 0 Å². The first-order chi connectivity index (χ1) is 5.18. The smallest absolute Gasteiger partial charge is 0.0571 e. The zero-order valence-corrected chi connectivity index (χ0v) is 9.12. The minimum Gasteiger partial charge on any atom is -0.0790 e. The maximum atomic E-state index is 3.66. The molecule has 0 aromatic heterocycles. The lowest BCUT2D eigenvalue weighted by atomic mass is 10.3. The number of rotatable bonds is 0. The fourth-order valence-electron chi connectivity index (χ4n) is 1.49. The third-order valence-electron chi connectivity index (χ3n) is 2.11. The molecule has 58 valence electrons. The second-order valence-corrected chi connectivity index (χ2v) is 6.98. The molecular weight excluding hydrogens is 219 g/mol. The summed E-state index contributed by atoms with van der Waals surface area (Å²) in [6.07, 6.45) is 6.92. The number of halogens is 1. The largest absolute Gasteiger partial charge is 0.0790 e. The average Bonchev–Trinajstić information content (AvgIpc) is 2.37. The summed E-state index contributed by atoms with van der Waals surface area (Å²) in [5.41, 5.74) is 2.86. The van der Waals surface area contributed by atoms with Crippen LogP contribution in [0.5, 0.6) is 0 Å². The first-order valence-electron chi connectivity index (χ1n) is 3.67. The second kappa shape index (κ2) is 2.57. The molecule has 0 radical (unpaired) electrons. The van der Waals surface area contributed by atoms with Crippen molar-refractivity contribution >= 4 is 23.9 Å². The normalized spacial score (nSPS) is 34.6. The van der Waals surface area contributed by atoms with E-state index in [1.807, 2.05) is 0 Å². The Morgan fingerprint density at radius 1 is 1.45 bits per heavy atom. The van der Waals surface area contributed by atoms with Gasteiger partial charge in [0, 0.05) is 0 Å². The van der Waals surface area contributed by atoms with E-state index in [1.165, 1.54) is 11.1 Å². The highest BCUT2D eigenvalue weighted by Gasteiger charge is 2.27. The molecule has 1 aliphatic heterocycles. The van der Waals surface area contributed by atoms with E-state index < -0.39 is 0 Å². The molecule has 11 heavy (non-hydrogen) atoms.